The van der Waals surface area contributed by atoms with Crippen LogP contribution in [0.15, 0.2) is 36.8 Å². The predicted molar refractivity (Wildman–Crippen MR) is 91.2 cm³/mol. The maximum atomic E-state index is 9.21. The van der Waals surface area contributed by atoms with Crippen LogP contribution in [-0.2, 0) is 13.1 Å². The van der Waals surface area contributed by atoms with Gasteiger partial charge in [-0.25, -0.2) is 14.6 Å². The smallest absolute Gasteiger partial charge is 0.159 e. The standard InChI is InChI=1S/C18H17N7/c19-6-12-1-4-16(18-21-8-13(7-20)9-22-18)15(5-12)10-25-11-17(23-24-25)14-2-3-14/h1,4-5,8-9,11,14H,2-3,7,10,20H2. The van der Waals surface area contributed by atoms with E-state index in [2.05, 4.69) is 26.3 Å². The van der Waals surface area contributed by atoms with Gasteiger partial charge in [0, 0.05) is 42.2 Å². The highest BCUT2D eigenvalue weighted by molar-refractivity contribution is 5.62. The second-order valence-electron chi connectivity index (χ2n) is 6.22. The van der Waals surface area contributed by atoms with Gasteiger partial charge in [-0.2, -0.15) is 5.26 Å². The molecule has 0 amide bonds. The molecule has 0 atom stereocenters. The van der Waals surface area contributed by atoms with Crippen molar-refractivity contribution in [2.24, 2.45) is 5.73 Å². The molecule has 2 N–H and O–H groups in total. The number of hydrogen-bond donors (Lipinski definition) is 1. The number of nitrogens with two attached hydrogens (primary N) is 1. The summed E-state index contributed by atoms with van der Waals surface area (Å²) >= 11 is 0. The zero-order valence-electron chi connectivity index (χ0n) is 13.6. The summed E-state index contributed by atoms with van der Waals surface area (Å²) in [5.41, 5.74) is 9.94. The molecule has 124 valence electrons. The number of rotatable bonds is 5. The number of hydrogen-bond acceptors (Lipinski definition) is 6. The van der Waals surface area contributed by atoms with E-state index in [1.165, 1.54) is 12.8 Å². The Morgan fingerprint density at radius 1 is 1.24 bits per heavy atom. The molecule has 0 unspecified atom stereocenters. The summed E-state index contributed by atoms with van der Waals surface area (Å²) in [4.78, 5) is 8.80. The molecule has 2 heterocycles. The molecule has 7 nitrogen and oxygen atoms in total. The molecule has 1 aliphatic rings. The highest BCUT2D eigenvalue weighted by atomic mass is 15.4. The molecule has 2 aromatic heterocycles. The second-order valence-corrected chi connectivity index (χ2v) is 6.22. The van der Waals surface area contributed by atoms with Gasteiger partial charge in [0.15, 0.2) is 5.82 Å². The van der Waals surface area contributed by atoms with E-state index in [9.17, 15) is 5.26 Å². The minimum atomic E-state index is 0.406. The lowest BCUT2D eigenvalue weighted by Gasteiger charge is -2.09. The van der Waals surface area contributed by atoms with Crippen molar-refractivity contribution < 1.29 is 0 Å². The Labute approximate surface area is 145 Å². The van der Waals surface area contributed by atoms with E-state index >= 15 is 0 Å². The molecule has 3 aromatic rings. The lowest BCUT2D eigenvalue weighted by atomic mass is 10.0. The zero-order chi connectivity index (χ0) is 17.2. The topological polar surface area (TPSA) is 106 Å². The van der Waals surface area contributed by atoms with Crippen LogP contribution in [0.4, 0.5) is 0 Å². The Morgan fingerprint density at radius 3 is 2.72 bits per heavy atom. The molecular weight excluding hydrogens is 314 g/mol. The SMILES string of the molecule is N#Cc1ccc(-c2ncc(CN)cn2)c(Cn2cc(C3CC3)nn2)c1. The van der Waals surface area contributed by atoms with Gasteiger partial charge in [-0.05, 0) is 36.6 Å². The first kappa shape index (κ1) is 15.4. The first-order chi connectivity index (χ1) is 12.3. The summed E-state index contributed by atoms with van der Waals surface area (Å²) in [6.07, 6.45) is 7.82. The van der Waals surface area contributed by atoms with Gasteiger partial charge in [0.2, 0.25) is 0 Å². The molecule has 0 saturated heterocycles. The molecule has 0 radical (unpaired) electrons. The van der Waals surface area contributed by atoms with Crippen molar-refractivity contribution in [3.8, 4) is 17.5 Å². The summed E-state index contributed by atoms with van der Waals surface area (Å²) in [5, 5.41) is 17.7. The van der Waals surface area contributed by atoms with Crippen molar-refractivity contribution in [3.63, 3.8) is 0 Å². The number of nitriles is 1. The van der Waals surface area contributed by atoms with Crippen LogP contribution in [0.5, 0.6) is 0 Å². The van der Waals surface area contributed by atoms with E-state index in [1.807, 2.05) is 23.0 Å². The molecule has 0 bridgehead atoms. The summed E-state index contributed by atoms with van der Waals surface area (Å²) in [6.45, 7) is 0.927. The Morgan fingerprint density at radius 2 is 2.04 bits per heavy atom. The van der Waals surface area contributed by atoms with Gasteiger partial charge in [0.1, 0.15) is 0 Å². The Hall–Kier alpha value is -3.11. The molecule has 25 heavy (non-hydrogen) atoms. The molecule has 1 saturated carbocycles. The third kappa shape index (κ3) is 3.25. The highest BCUT2D eigenvalue weighted by Gasteiger charge is 2.26. The first-order valence-corrected chi connectivity index (χ1v) is 8.21. The summed E-state index contributed by atoms with van der Waals surface area (Å²) < 4.78 is 1.81. The summed E-state index contributed by atoms with van der Waals surface area (Å²) in [7, 11) is 0. The van der Waals surface area contributed by atoms with Crippen molar-refractivity contribution >= 4 is 0 Å². The Kier molecular flexibility index (Phi) is 3.96. The van der Waals surface area contributed by atoms with Crippen molar-refractivity contribution in [2.45, 2.75) is 31.8 Å². The van der Waals surface area contributed by atoms with Gasteiger partial charge in [-0.3, -0.25) is 0 Å². The van der Waals surface area contributed by atoms with Gasteiger partial charge in [0.25, 0.3) is 0 Å². The normalized spacial score (nSPS) is 13.6. The largest absolute Gasteiger partial charge is 0.326 e. The lowest BCUT2D eigenvalue weighted by Crippen LogP contribution is -2.05. The predicted octanol–water partition coefficient (Wildman–Crippen LogP) is 1.99. The fourth-order valence-corrected chi connectivity index (χ4v) is 2.74. The lowest BCUT2D eigenvalue weighted by molar-refractivity contribution is 0.649. The zero-order valence-corrected chi connectivity index (χ0v) is 13.6. The van der Waals surface area contributed by atoms with E-state index in [0.717, 1.165) is 22.4 Å². The van der Waals surface area contributed by atoms with Crippen LogP contribution < -0.4 is 5.73 Å². The minimum absolute atomic E-state index is 0.406. The van der Waals surface area contributed by atoms with Crippen molar-refractivity contribution in [3.05, 3.63) is 59.2 Å². The average molecular weight is 331 g/mol. The van der Waals surface area contributed by atoms with Crippen LogP contribution in [0.3, 0.4) is 0 Å². The Bertz CT molecular complexity index is 933. The maximum Gasteiger partial charge on any atom is 0.159 e. The van der Waals surface area contributed by atoms with Crippen molar-refractivity contribution in [2.75, 3.05) is 0 Å². The summed E-state index contributed by atoms with van der Waals surface area (Å²) in [6, 6.07) is 7.69. The van der Waals surface area contributed by atoms with Gasteiger partial charge >= 0.3 is 0 Å². The molecule has 7 heteroatoms. The van der Waals surface area contributed by atoms with Gasteiger partial charge < -0.3 is 5.73 Å². The van der Waals surface area contributed by atoms with Crippen molar-refractivity contribution in [1.29, 1.82) is 5.26 Å². The van der Waals surface area contributed by atoms with Crippen LogP contribution in [0, 0.1) is 11.3 Å². The highest BCUT2D eigenvalue weighted by Crippen LogP contribution is 2.38. The fourth-order valence-electron chi connectivity index (χ4n) is 2.74. The fraction of sp³-hybridized carbons (Fsp3) is 0.278. The molecular formula is C18H17N7. The van der Waals surface area contributed by atoms with Crippen LogP contribution in [-0.4, -0.2) is 25.0 Å². The van der Waals surface area contributed by atoms with E-state index in [0.29, 0.717) is 30.4 Å². The molecule has 1 aliphatic carbocycles. The molecule has 0 aliphatic heterocycles. The number of nitrogens with zero attached hydrogens (tertiary/aromatic N) is 6. The summed E-state index contributed by atoms with van der Waals surface area (Å²) in [5.74, 6) is 1.17. The van der Waals surface area contributed by atoms with E-state index in [-0.39, 0.29) is 0 Å². The van der Waals surface area contributed by atoms with Crippen LogP contribution in [0.2, 0.25) is 0 Å². The third-order valence-electron chi connectivity index (χ3n) is 4.30. The van der Waals surface area contributed by atoms with E-state index in [4.69, 9.17) is 5.73 Å². The molecule has 4 rings (SSSR count). The van der Waals surface area contributed by atoms with Crippen LogP contribution >= 0.6 is 0 Å². The monoisotopic (exact) mass is 331 g/mol. The van der Waals surface area contributed by atoms with Crippen LogP contribution in [0.25, 0.3) is 11.4 Å². The molecule has 1 aromatic carbocycles. The quantitative estimate of drug-likeness (QED) is 0.766. The van der Waals surface area contributed by atoms with E-state index in [1.54, 1.807) is 18.5 Å². The van der Waals surface area contributed by atoms with Gasteiger partial charge in [0.05, 0.1) is 23.9 Å². The minimum Gasteiger partial charge on any atom is -0.326 e. The first-order valence-electron chi connectivity index (χ1n) is 8.21. The number of aromatic nitrogens is 5. The van der Waals surface area contributed by atoms with Gasteiger partial charge in [-0.1, -0.05) is 5.21 Å². The second kappa shape index (κ2) is 6.42. The van der Waals surface area contributed by atoms with E-state index < -0.39 is 0 Å². The van der Waals surface area contributed by atoms with Crippen molar-refractivity contribution in [1.82, 2.24) is 25.0 Å². The average Bonchev–Trinajstić information content (AvgIpc) is 3.41. The van der Waals surface area contributed by atoms with Crippen LogP contribution in [0.1, 0.15) is 41.1 Å². The number of benzene rings is 1. The third-order valence-corrected chi connectivity index (χ3v) is 4.30. The molecule has 1 fully saturated rings. The van der Waals surface area contributed by atoms with Gasteiger partial charge in [-0.15, -0.1) is 5.10 Å². The Balaban J connectivity index is 1.69. The molecule has 0 spiro atoms. The maximum absolute atomic E-state index is 9.21.